The van der Waals surface area contributed by atoms with E-state index in [1.54, 1.807) is 0 Å². The molecule has 21 heavy (non-hydrogen) atoms. The van der Waals surface area contributed by atoms with Gasteiger partial charge in [0.1, 0.15) is 6.04 Å². The smallest absolute Gasteiger partial charge is 0.242 e. The summed E-state index contributed by atoms with van der Waals surface area (Å²) in [6.45, 7) is 2.86. The number of hydrogen-bond acceptors (Lipinski definition) is 2. The zero-order chi connectivity index (χ0) is 14.7. The summed E-state index contributed by atoms with van der Waals surface area (Å²) in [5, 5.41) is 6.43. The third-order valence-electron chi connectivity index (χ3n) is 4.03. The lowest BCUT2D eigenvalue weighted by Gasteiger charge is -2.27. The highest BCUT2D eigenvalue weighted by Crippen LogP contribution is 2.23. The summed E-state index contributed by atoms with van der Waals surface area (Å²) in [6.07, 6.45) is 0.980. The van der Waals surface area contributed by atoms with Gasteiger partial charge in [0.05, 0.1) is 6.04 Å². The summed E-state index contributed by atoms with van der Waals surface area (Å²) in [4.78, 5) is 12.6. The van der Waals surface area contributed by atoms with Crippen molar-refractivity contribution in [2.24, 2.45) is 0 Å². The quantitative estimate of drug-likeness (QED) is 0.907. The van der Waals surface area contributed by atoms with Gasteiger partial charge < -0.3 is 10.6 Å². The zero-order valence-electron chi connectivity index (χ0n) is 12.2. The molecule has 0 aromatic heterocycles. The van der Waals surface area contributed by atoms with Crippen molar-refractivity contribution in [2.75, 3.05) is 6.54 Å². The van der Waals surface area contributed by atoms with Gasteiger partial charge in [0.15, 0.2) is 0 Å². The third kappa shape index (κ3) is 2.98. The van der Waals surface area contributed by atoms with E-state index < -0.39 is 0 Å². The van der Waals surface area contributed by atoms with E-state index in [-0.39, 0.29) is 18.0 Å². The van der Waals surface area contributed by atoms with E-state index in [0.29, 0.717) is 0 Å². The molecule has 2 aromatic carbocycles. The molecule has 2 aromatic rings. The normalized spacial score (nSPS) is 18.6. The Hall–Kier alpha value is -2.13. The third-order valence-corrected chi connectivity index (χ3v) is 4.03. The minimum Gasteiger partial charge on any atom is -0.348 e. The Labute approximate surface area is 125 Å². The van der Waals surface area contributed by atoms with Gasteiger partial charge in [-0.25, -0.2) is 0 Å². The molecule has 3 rings (SSSR count). The molecule has 3 heteroatoms. The van der Waals surface area contributed by atoms with Crippen molar-refractivity contribution in [3.8, 4) is 0 Å². The molecule has 0 radical (unpaired) electrons. The number of amides is 1. The van der Waals surface area contributed by atoms with E-state index in [4.69, 9.17) is 0 Å². The van der Waals surface area contributed by atoms with Crippen LogP contribution in [0.4, 0.5) is 0 Å². The second-order valence-corrected chi connectivity index (χ2v) is 5.48. The topological polar surface area (TPSA) is 41.1 Å². The van der Waals surface area contributed by atoms with Crippen molar-refractivity contribution in [2.45, 2.75) is 25.4 Å². The van der Waals surface area contributed by atoms with Gasteiger partial charge in [-0.05, 0) is 30.0 Å². The van der Waals surface area contributed by atoms with Crippen LogP contribution in [-0.4, -0.2) is 12.5 Å². The van der Waals surface area contributed by atoms with Crippen LogP contribution in [-0.2, 0) is 11.2 Å². The van der Waals surface area contributed by atoms with E-state index in [0.717, 1.165) is 24.1 Å². The van der Waals surface area contributed by atoms with Crippen molar-refractivity contribution in [3.05, 3.63) is 71.3 Å². The Morgan fingerprint density at radius 2 is 1.86 bits per heavy atom. The summed E-state index contributed by atoms with van der Waals surface area (Å²) < 4.78 is 0. The first-order valence-electron chi connectivity index (χ1n) is 7.42. The Morgan fingerprint density at radius 1 is 1.14 bits per heavy atom. The summed E-state index contributed by atoms with van der Waals surface area (Å²) in [6, 6.07) is 18.0. The molecule has 108 valence electrons. The van der Waals surface area contributed by atoms with Gasteiger partial charge in [0.2, 0.25) is 5.91 Å². The van der Waals surface area contributed by atoms with E-state index in [1.807, 2.05) is 55.5 Å². The van der Waals surface area contributed by atoms with Gasteiger partial charge in [-0.3, -0.25) is 4.79 Å². The number of fused-ring (bicyclic) bond motifs is 1. The number of rotatable bonds is 3. The number of carbonyl (C=O) groups excluding carboxylic acids is 1. The Morgan fingerprint density at radius 3 is 2.67 bits per heavy atom. The maximum atomic E-state index is 12.6. The van der Waals surface area contributed by atoms with E-state index >= 15 is 0 Å². The van der Waals surface area contributed by atoms with Gasteiger partial charge in [0.25, 0.3) is 0 Å². The molecule has 0 aliphatic carbocycles. The van der Waals surface area contributed by atoms with Gasteiger partial charge in [-0.2, -0.15) is 0 Å². The molecule has 1 heterocycles. The van der Waals surface area contributed by atoms with Crippen molar-refractivity contribution < 1.29 is 4.79 Å². The molecule has 3 nitrogen and oxygen atoms in total. The predicted molar refractivity (Wildman–Crippen MR) is 83.9 cm³/mol. The number of hydrogen-bond donors (Lipinski definition) is 2. The minimum atomic E-state index is -0.249. The molecule has 1 aliphatic heterocycles. The Kier molecular flexibility index (Phi) is 4.02. The summed E-state index contributed by atoms with van der Waals surface area (Å²) in [5.41, 5.74) is 3.49. The first-order valence-corrected chi connectivity index (χ1v) is 7.42. The molecule has 0 spiro atoms. The van der Waals surface area contributed by atoms with Crippen molar-refractivity contribution in [1.82, 2.24) is 10.6 Å². The summed E-state index contributed by atoms with van der Waals surface area (Å²) in [7, 11) is 0. The van der Waals surface area contributed by atoms with Gasteiger partial charge in [-0.1, -0.05) is 54.6 Å². The predicted octanol–water partition coefficient (Wildman–Crippen LogP) is 2.75. The summed E-state index contributed by atoms with van der Waals surface area (Å²) >= 11 is 0. The second kappa shape index (κ2) is 6.10. The molecule has 2 unspecified atom stereocenters. The van der Waals surface area contributed by atoms with Crippen LogP contribution >= 0.6 is 0 Å². The fraction of sp³-hybridized carbons (Fsp3) is 0.278. The minimum absolute atomic E-state index is 0.00888. The standard InChI is InChI=1S/C18H20N2O/c1-13(14-7-3-2-4-8-14)20-18(21)17-16-10-6-5-9-15(16)11-12-19-17/h2-10,13,17,19H,11-12H2,1H3,(H,20,21). The highest BCUT2D eigenvalue weighted by molar-refractivity contribution is 5.84. The van der Waals surface area contributed by atoms with Crippen molar-refractivity contribution in [1.29, 1.82) is 0 Å². The van der Waals surface area contributed by atoms with Crippen LogP contribution < -0.4 is 10.6 Å². The van der Waals surface area contributed by atoms with E-state index in [2.05, 4.69) is 16.7 Å². The molecular weight excluding hydrogens is 260 g/mol. The first kappa shape index (κ1) is 13.8. The van der Waals surface area contributed by atoms with Gasteiger partial charge in [-0.15, -0.1) is 0 Å². The van der Waals surface area contributed by atoms with Crippen LogP contribution in [0, 0.1) is 0 Å². The monoisotopic (exact) mass is 280 g/mol. The number of benzene rings is 2. The van der Waals surface area contributed by atoms with E-state index in [1.165, 1.54) is 5.56 Å². The molecule has 0 bridgehead atoms. The second-order valence-electron chi connectivity index (χ2n) is 5.48. The molecular formula is C18H20N2O. The fourth-order valence-corrected chi connectivity index (χ4v) is 2.86. The Balaban J connectivity index is 1.75. The highest BCUT2D eigenvalue weighted by atomic mass is 16.2. The lowest BCUT2D eigenvalue weighted by molar-refractivity contribution is -0.124. The number of carbonyl (C=O) groups is 1. The summed E-state index contributed by atoms with van der Waals surface area (Å²) in [5.74, 6) is 0.0403. The number of nitrogens with one attached hydrogen (secondary N) is 2. The SMILES string of the molecule is CC(NC(=O)C1NCCc2ccccc21)c1ccccc1. The average molecular weight is 280 g/mol. The molecule has 0 saturated carbocycles. The average Bonchev–Trinajstić information content (AvgIpc) is 2.55. The van der Waals surface area contributed by atoms with Crippen LogP contribution in [0.3, 0.4) is 0 Å². The van der Waals surface area contributed by atoms with Crippen LogP contribution in [0.2, 0.25) is 0 Å². The van der Waals surface area contributed by atoms with Crippen LogP contribution in [0.1, 0.15) is 35.7 Å². The van der Waals surface area contributed by atoms with Crippen LogP contribution in [0.25, 0.3) is 0 Å². The van der Waals surface area contributed by atoms with Gasteiger partial charge in [0, 0.05) is 6.54 Å². The fourth-order valence-electron chi connectivity index (χ4n) is 2.86. The van der Waals surface area contributed by atoms with Crippen molar-refractivity contribution >= 4 is 5.91 Å². The van der Waals surface area contributed by atoms with Gasteiger partial charge >= 0.3 is 0 Å². The zero-order valence-corrected chi connectivity index (χ0v) is 12.2. The molecule has 2 atom stereocenters. The highest BCUT2D eigenvalue weighted by Gasteiger charge is 2.26. The molecule has 1 aliphatic rings. The largest absolute Gasteiger partial charge is 0.348 e. The maximum absolute atomic E-state index is 12.6. The molecule has 2 N–H and O–H groups in total. The molecule has 0 fully saturated rings. The van der Waals surface area contributed by atoms with E-state index in [9.17, 15) is 4.79 Å². The first-order chi connectivity index (χ1) is 10.3. The molecule has 0 saturated heterocycles. The Bertz CT molecular complexity index is 624. The van der Waals surface area contributed by atoms with Crippen LogP contribution in [0.15, 0.2) is 54.6 Å². The lowest BCUT2D eigenvalue weighted by atomic mass is 9.93. The lowest BCUT2D eigenvalue weighted by Crippen LogP contribution is -2.42. The van der Waals surface area contributed by atoms with Crippen molar-refractivity contribution in [3.63, 3.8) is 0 Å². The van der Waals surface area contributed by atoms with Crippen LogP contribution in [0.5, 0.6) is 0 Å². The maximum Gasteiger partial charge on any atom is 0.242 e. The molecule has 1 amide bonds.